The third kappa shape index (κ3) is 3.31. The monoisotopic (exact) mass is 286 g/mol. The van der Waals surface area contributed by atoms with Crippen LogP contribution in [-0.4, -0.2) is 23.9 Å². The molecule has 0 spiro atoms. The minimum Gasteiger partial charge on any atom is -0.301 e. The van der Waals surface area contributed by atoms with E-state index in [1.54, 1.807) is 0 Å². The van der Waals surface area contributed by atoms with Crippen LogP contribution in [0, 0.1) is 5.82 Å². The lowest BCUT2D eigenvalue weighted by Crippen LogP contribution is -2.35. The van der Waals surface area contributed by atoms with Gasteiger partial charge in [0, 0.05) is 11.1 Å². The molecule has 0 saturated heterocycles. The Hall–Kier alpha value is -1.89. The molecule has 7 heteroatoms. The molecular formula is C12H9F3N2OS. The van der Waals surface area contributed by atoms with Crippen LogP contribution in [0.3, 0.4) is 0 Å². The van der Waals surface area contributed by atoms with Crippen molar-refractivity contribution in [3.05, 3.63) is 46.7 Å². The van der Waals surface area contributed by atoms with Crippen molar-refractivity contribution in [3.63, 3.8) is 0 Å². The Morgan fingerprint density at radius 1 is 1.32 bits per heavy atom. The van der Waals surface area contributed by atoms with Gasteiger partial charge in [-0.1, -0.05) is 0 Å². The van der Waals surface area contributed by atoms with Gasteiger partial charge < -0.3 is 4.90 Å². The van der Waals surface area contributed by atoms with Gasteiger partial charge in [0.25, 0.3) is 12.3 Å². The predicted molar refractivity (Wildman–Crippen MR) is 66.2 cm³/mol. The Balaban J connectivity index is 2.30. The van der Waals surface area contributed by atoms with Crippen LogP contribution in [0.15, 0.2) is 35.2 Å². The molecule has 2 rings (SSSR count). The van der Waals surface area contributed by atoms with E-state index in [9.17, 15) is 18.0 Å². The van der Waals surface area contributed by atoms with Crippen LogP contribution in [0.25, 0.3) is 0 Å². The summed E-state index contributed by atoms with van der Waals surface area (Å²) in [7, 11) is 0. The number of hydrogen-bond donors (Lipinski definition) is 0. The van der Waals surface area contributed by atoms with Crippen molar-refractivity contribution in [1.82, 2.24) is 4.98 Å². The molecule has 0 unspecified atom stereocenters. The van der Waals surface area contributed by atoms with Crippen LogP contribution in [-0.2, 0) is 0 Å². The number of nitrogens with zero attached hydrogens (tertiary/aromatic N) is 2. The molecule has 0 aliphatic rings. The number of amides is 1. The number of benzene rings is 1. The average Bonchev–Trinajstić information content (AvgIpc) is 2.90. The number of alkyl halides is 2. The van der Waals surface area contributed by atoms with Crippen molar-refractivity contribution in [2.45, 2.75) is 6.43 Å². The minimum atomic E-state index is -2.69. The molecule has 0 bridgehead atoms. The molecule has 0 aliphatic carbocycles. The first kappa shape index (κ1) is 13.5. The summed E-state index contributed by atoms with van der Waals surface area (Å²) in [5, 5.41) is 1.48. The topological polar surface area (TPSA) is 33.2 Å². The maximum absolute atomic E-state index is 12.8. The Bertz CT molecular complexity index is 543. The number of hydrogen-bond acceptors (Lipinski definition) is 3. The first-order valence-electron chi connectivity index (χ1n) is 5.31. The molecule has 0 saturated carbocycles. The second-order valence-corrected chi connectivity index (χ2v) is 4.38. The van der Waals surface area contributed by atoms with Gasteiger partial charge in [-0.2, -0.15) is 0 Å². The van der Waals surface area contributed by atoms with E-state index in [-0.39, 0.29) is 11.4 Å². The van der Waals surface area contributed by atoms with Crippen LogP contribution >= 0.6 is 11.3 Å². The molecule has 2 aromatic rings. The molecule has 1 heterocycles. The van der Waals surface area contributed by atoms with E-state index in [1.807, 2.05) is 0 Å². The number of carbonyl (C=O) groups is 1. The lowest BCUT2D eigenvalue weighted by molar-refractivity contribution is 0.0941. The predicted octanol–water partition coefficient (Wildman–Crippen LogP) is 3.19. The summed E-state index contributed by atoms with van der Waals surface area (Å²) < 4.78 is 38.0. The summed E-state index contributed by atoms with van der Waals surface area (Å²) in [6.45, 7) is -0.762. The lowest BCUT2D eigenvalue weighted by Gasteiger charge is -2.21. The Morgan fingerprint density at radius 3 is 2.53 bits per heavy atom. The third-order valence-corrected chi connectivity index (χ3v) is 2.94. The van der Waals surface area contributed by atoms with Gasteiger partial charge in [0.2, 0.25) is 0 Å². The Labute approximate surface area is 111 Å². The molecule has 1 amide bonds. The Kier molecular flexibility index (Phi) is 4.16. The van der Waals surface area contributed by atoms with Crippen molar-refractivity contribution in [2.24, 2.45) is 0 Å². The van der Waals surface area contributed by atoms with Crippen molar-refractivity contribution in [3.8, 4) is 0 Å². The summed E-state index contributed by atoms with van der Waals surface area (Å²) in [4.78, 5) is 16.8. The van der Waals surface area contributed by atoms with E-state index in [4.69, 9.17) is 0 Å². The second-order valence-electron chi connectivity index (χ2n) is 3.66. The first-order chi connectivity index (χ1) is 9.08. The van der Waals surface area contributed by atoms with Gasteiger partial charge in [-0.15, -0.1) is 11.3 Å². The van der Waals surface area contributed by atoms with E-state index >= 15 is 0 Å². The maximum atomic E-state index is 12.8. The molecule has 100 valence electrons. The van der Waals surface area contributed by atoms with E-state index < -0.39 is 24.7 Å². The van der Waals surface area contributed by atoms with Crippen LogP contribution in [0.5, 0.6) is 0 Å². The van der Waals surface area contributed by atoms with Crippen LogP contribution in [0.2, 0.25) is 0 Å². The third-order valence-electron chi connectivity index (χ3n) is 2.36. The summed E-state index contributed by atoms with van der Waals surface area (Å²) in [5.41, 5.74) is 1.74. The number of rotatable bonds is 4. The summed E-state index contributed by atoms with van der Waals surface area (Å²) in [5.74, 6) is -1.13. The van der Waals surface area contributed by atoms with Crippen molar-refractivity contribution in [1.29, 1.82) is 0 Å². The smallest absolute Gasteiger partial charge is 0.277 e. The number of halogens is 3. The minimum absolute atomic E-state index is 0.0926. The molecule has 0 radical (unpaired) electrons. The van der Waals surface area contributed by atoms with Gasteiger partial charge in [0.1, 0.15) is 11.5 Å². The highest BCUT2D eigenvalue weighted by atomic mass is 32.1. The molecule has 0 atom stereocenters. The molecule has 0 aliphatic heterocycles. The fourth-order valence-corrected chi connectivity index (χ4v) is 2.05. The fourth-order valence-electron chi connectivity index (χ4n) is 1.52. The highest BCUT2D eigenvalue weighted by Gasteiger charge is 2.22. The highest BCUT2D eigenvalue weighted by molar-refractivity contribution is 7.07. The molecular weight excluding hydrogens is 277 g/mol. The Morgan fingerprint density at radius 2 is 2.00 bits per heavy atom. The quantitative estimate of drug-likeness (QED) is 0.864. The van der Waals surface area contributed by atoms with Gasteiger partial charge in [0.05, 0.1) is 12.1 Å². The van der Waals surface area contributed by atoms with E-state index in [1.165, 1.54) is 34.4 Å². The lowest BCUT2D eigenvalue weighted by atomic mass is 10.2. The molecule has 1 aromatic carbocycles. The number of aromatic nitrogens is 1. The molecule has 1 aromatic heterocycles. The van der Waals surface area contributed by atoms with Gasteiger partial charge in [-0.25, -0.2) is 18.2 Å². The maximum Gasteiger partial charge on any atom is 0.277 e. The van der Waals surface area contributed by atoms with Gasteiger partial charge in [-0.05, 0) is 24.3 Å². The standard InChI is InChI=1S/C12H9F3N2OS/c13-8-1-3-9(4-2-8)17(5-11(14)15)12(18)10-6-19-7-16-10/h1-4,6-7,11H,5H2. The van der Waals surface area contributed by atoms with Gasteiger partial charge >= 0.3 is 0 Å². The summed E-state index contributed by atoms with van der Waals surface area (Å²) in [6.07, 6.45) is -2.69. The van der Waals surface area contributed by atoms with Gasteiger partial charge in [0.15, 0.2) is 0 Å². The number of carbonyl (C=O) groups excluding carboxylic acids is 1. The highest BCUT2D eigenvalue weighted by Crippen LogP contribution is 2.19. The largest absolute Gasteiger partial charge is 0.301 e. The van der Waals surface area contributed by atoms with Crippen LogP contribution in [0.4, 0.5) is 18.9 Å². The summed E-state index contributed by atoms with van der Waals surface area (Å²) >= 11 is 1.20. The van der Waals surface area contributed by atoms with Gasteiger partial charge in [-0.3, -0.25) is 4.79 Å². The number of anilines is 1. The fraction of sp³-hybridized carbons (Fsp3) is 0.167. The van der Waals surface area contributed by atoms with Crippen LogP contribution < -0.4 is 4.90 Å². The normalized spacial score (nSPS) is 10.7. The number of thiazole rings is 1. The van der Waals surface area contributed by atoms with E-state index in [0.717, 1.165) is 17.0 Å². The van der Waals surface area contributed by atoms with Crippen molar-refractivity contribution >= 4 is 22.9 Å². The molecule has 0 N–H and O–H groups in total. The zero-order valence-electron chi connectivity index (χ0n) is 9.59. The van der Waals surface area contributed by atoms with Crippen LogP contribution in [0.1, 0.15) is 10.5 Å². The summed E-state index contributed by atoms with van der Waals surface area (Å²) in [6, 6.07) is 4.79. The molecule has 3 nitrogen and oxygen atoms in total. The molecule has 0 fully saturated rings. The first-order valence-corrected chi connectivity index (χ1v) is 6.26. The SMILES string of the molecule is O=C(c1cscn1)N(CC(F)F)c1ccc(F)cc1. The average molecular weight is 286 g/mol. The second kappa shape index (κ2) is 5.83. The van der Waals surface area contributed by atoms with Crippen molar-refractivity contribution in [2.75, 3.05) is 11.4 Å². The van der Waals surface area contributed by atoms with E-state index in [0.29, 0.717) is 0 Å². The zero-order chi connectivity index (χ0) is 13.8. The van der Waals surface area contributed by atoms with Crippen molar-refractivity contribution < 1.29 is 18.0 Å². The zero-order valence-corrected chi connectivity index (χ0v) is 10.4. The molecule has 19 heavy (non-hydrogen) atoms. The van der Waals surface area contributed by atoms with E-state index in [2.05, 4.69) is 4.98 Å².